The summed E-state index contributed by atoms with van der Waals surface area (Å²) in [5, 5.41) is 0. The Morgan fingerprint density at radius 1 is 1.42 bits per heavy atom. The molecule has 19 heavy (non-hydrogen) atoms. The molecular formula is C14H27N2O3+. The first-order chi connectivity index (χ1) is 9.01. The van der Waals surface area contributed by atoms with E-state index in [1.165, 1.54) is 0 Å². The number of piperidine rings is 1. The Balaban J connectivity index is 2.59. The lowest BCUT2D eigenvalue weighted by molar-refractivity contribution is -0.417. The second-order valence-electron chi connectivity index (χ2n) is 5.37. The van der Waals surface area contributed by atoms with Gasteiger partial charge in [0.2, 0.25) is 0 Å². The number of ether oxygens (including phenoxy) is 1. The molecule has 0 radical (unpaired) electrons. The van der Waals surface area contributed by atoms with Crippen LogP contribution < -0.4 is 5.73 Å². The summed E-state index contributed by atoms with van der Waals surface area (Å²) in [6.07, 6.45) is 2.62. The standard InChI is InChI=1S/C14H26N2O3/c1-4-10(3)12(15)13(17)16-8-6-7-11(9-16)14(18)19-5-2/h10-12H,4-9,15H2,1-3H3/p+1/t10-,11+,12+/m1/s1. The van der Waals surface area contributed by atoms with Crippen molar-refractivity contribution >= 4 is 11.9 Å². The van der Waals surface area contributed by atoms with E-state index in [0.29, 0.717) is 13.2 Å². The van der Waals surface area contributed by atoms with Crippen molar-refractivity contribution in [3.05, 3.63) is 0 Å². The number of likely N-dealkylation sites (tertiary alicyclic amines) is 1. The van der Waals surface area contributed by atoms with Crippen LogP contribution in [0.1, 0.15) is 40.0 Å². The highest BCUT2D eigenvalue weighted by atomic mass is 16.5. The van der Waals surface area contributed by atoms with Crippen molar-refractivity contribution in [1.29, 1.82) is 0 Å². The predicted molar refractivity (Wildman–Crippen MR) is 72.1 cm³/mol. The van der Waals surface area contributed by atoms with Crippen molar-refractivity contribution in [2.75, 3.05) is 19.7 Å². The van der Waals surface area contributed by atoms with Crippen LogP contribution in [0.4, 0.5) is 0 Å². The smallest absolute Gasteiger partial charge is 0.310 e. The molecule has 3 atom stereocenters. The Morgan fingerprint density at radius 2 is 2.11 bits per heavy atom. The molecule has 0 aliphatic carbocycles. The number of carbonyl (C=O) groups is 2. The molecule has 1 aliphatic heterocycles. The van der Waals surface area contributed by atoms with Crippen molar-refractivity contribution in [3.63, 3.8) is 0 Å². The fourth-order valence-corrected chi connectivity index (χ4v) is 2.39. The second kappa shape index (κ2) is 7.48. The number of rotatable bonds is 5. The number of nitrogens with zero attached hydrogens (tertiary/aromatic N) is 1. The number of hydrogen-bond acceptors (Lipinski definition) is 3. The van der Waals surface area contributed by atoms with Gasteiger partial charge >= 0.3 is 5.97 Å². The van der Waals surface area contributed by atoms with Gasteiger partial charge in [0.15, 0.2) is 6.04 Å². The van der Waals surface area contributed by atoms with Gasteiger partial charge in [0, 0.05) is 19.0 Å². The lowest BCUT2D eigenvalue weighted by Crippen LogP contribution is -2.71. The molecule has 110 valence electrons. The number of carbonyl (C=O) groups excluding carboxylic acids is 2. The summed E-state index contributed by atoms with van der Waals surface area (Å²) in [6.45, 7) is 7.53. The fraction of sp³-hybridized carbons (Fsp3) is 0.857. The van der Waals surface area contributed by atoms with Crippen LogP contribution in [0.2, 0.25) is 0 Å². The highest BCUT2D eigenvalue weighted by molar-refractivity contribution is 5.82. The van der Waals surface area contributed by atoms with Gasteiger partial charge in [-0.2, -0.15) is 0 Å². The van der Waals surface area contributed by atoms with Crippen LogP contribution in [-0.4, -0.2) is 42.5 Å². The molecule has 0 unspecified atom stereocenters. The van der Waals surface area contributed by atoms with Gasteiger partial charge in [-0.25, -0.2) is 0 Å². The average molecular weight is 271 g/mol. The molecule has 0 bridgehead atoms. The van der Waals surface area contributed by atoms with Crippen LogP contribution in [-0.2, 0) is 14.3 Å². The Hall–Kier alpha value is -1.10. The van der Waals surface area contributed by atoms with Crippen molar-refractivity contribution in [1.82, 2.24) is 4.90 Å². The molecule has 0 aromatic carbocycles. The van der Waals surface area contributed by atoms with Crippen LogP contribution in [0, 0.1) is 11.8 Å². The van der Waals surface area contributed by atoms with Crippen LogP contribution in [0.15, 0.2) is 0 Å². The minimum Gasteiger partial charge on any atom is -0.466 e. The lowest BCUT2D eigenvalue weighted by atomic mass is 9.94. The van der Waals surface area contributed by atoms with E-state index < -0.39 is 0 Å². The van der Waals surface area contributed by atoms with Gasteiger partial charge in [0.25, 0.3) is 5.91 Å². The molecule has 1 amide bonds. The first-order valence-electron chi connectivity index (χ1n) is 7.29. The van der Waals surface area contributed by atoms with E-state index in [-0.39, 0.29) is 29.8 Å². The first-order valence-corrected chi connectivity index (χ1v) is 7.29. The quantitative estimate of drug-likeness (QED) is 0.738. The number of hydrogen-bond donors (Lipinski definition) is 1. The highest BCUT2D eigenvalue weighted by Gasteiger charge is 2.34. The third-order valence-electron chi connectivity index (χ3n) is 4.00. The minimum absolute atomic E-state index is 0.0725. The van der Waals surface area contributed by atoms with Gasteiger partial charge in [0.05, 0.1) is 12.5 Å². The van der Waals surface area contributed by atoms with Crippen LogP contribution in [0.5, 0.6) is 0 Å². The van der Waals surface area contributed by atoms with E-state index in [2.05, 4.69) is 12.7 Å². The van der Waals surface area contributed by atoms with E-state index in [1.54, 1.807) is 11.8 Å². The zero-order chi connectivity index (χ0) is 14.4. The second-order valence-corrected chi connectivity index (χ2v) is 5.37. The number of amides is 1. The molecule has 5 nitrogen and oxygen atoms in total. The Morgan fingerprint density at radius 3 is 2.68 bits per heavy atom. The normalized spacial score (nSPS) is 22.7. The van der Waals surface area contributed by atoms with Crippen molar-refractivity contribution in [3.8, 4) is 0 Å². The Bertz CT molecular complexity index is 320. The first kappa shape index (κ1) is 16.0. The fourth-order valence-electron chi connectivity index (χ4n) is 2.39. The topological polar surface area (TPSA) is 74.2 Å². The summed E-state index contributed by atoms with van der Waals surface area (Å²) in [6, 6.07) is -0.217. The summed E-state index contributed by atoms with van der Waals surface area (Å²) in [5.74, 6) is 0.00440. The summed E-state index contributed by atoms with van der Waals surface area (Å²) in [5.41, 5.74) is 3.98. The van der Waals surface area contributed by atoms with Crippen molar-refractivity contribution < 1.29 is 20.1 Å². The highest BCUT2D eigenvalue weighted by Crippen LogP contribution is 2.19. The average Bonchev–Trinajstić information content (AvgIpc) is 2.45. The molecule has 1 rings (SSSR count). The maximum absolute atomic E-state index is 12.3. The Kier molecular flexibility index (Phi) is 6.28. The number of quaternary nitrogens is 1. The van der Waals surface area contributed by atoms with E-state index in [9.17, 15) is 9.59 Å². The van der Waals surface area contributed by atoms with Gasteiger partial charge in [0.1, 0.15) is 0 Å². The summed E-state index contributed by atoms with van der Waals surface area (Å²) >= 11 is 0. The third kappa shape index (κ3) is 4.20. The summed E-state index contributed by atoms with van der Waals surface area (Å²) in [4.78, 5) is 25.9. The molecule has 1 aliphatic rings. The maximum Gasteiger partial charge on any atom is 0.310 e. The molecule has 0 aromatic rings. The molecule has 5 heteroatoms. The van der Waals surface area contributed by atoms with E-state index in [0.717, 1.165) is 25.8 Å². The van der Waals surface area contributed by atoms with Gasteiger partial charge in [-0.3, -0.25) is 9.59 Å². The van der Waals surface area contributed by atoms with Crippen molar-refractivity contribution in [2.45, 2.75) is 46.1 Å². The molecule has 1 fully saturated rings. The molecule has 0 aromatic heterocycles. The van der Waals surface area contributed by atoms with Crippen molar-refractivity contribution in [2.24, 2.45) is 11.8 Å². The molecular weight excluding hydrogens is 244 g/mol. The molecule has 0 spiro atoms. The zero-order valence-electron chi connectivity index (χ0n) is 12.4. The summed E-state index contributed by atoms with van der Waals surface area (Å²) < 4.78 is 5.05. The minimum atomic E-state index is -0.217. The number of esters is 1. The molecule has 3 N–H and O–H groups in total. The molecule has 0 saturated carbocycles. The van der Waals surface area contributed by atoms with E-state index in [4.69, 9.17) is 4.74 Å². The molecule has 1 heterocycles. The summed E-state index contributed by atoms with van der Waals surface area (Å²) in [7, 11) is 0. The monoisotopic (exact) mass is 271 g/mol. The third-order valence-corrected chi connectivity index (χ3v) is 4.00. The molecule has 1 saturated heterocycles. The van der Waals surface area contributed by atoms with E-state index >= 15 is 0 Å². The largest absolute Gasteiger partial charge is 0.466 e. The van der Waals surface area contributed by atoms with Gasteiger partial charge in [-0.15, -0.1) is 0 Å². The van der Waals surface area contributed by atoms with Crippen LogP contribution in [0.3, 0.4) is 0 Å². The Labute approximate surface area is 115 Å². The van der Waals surface area contributed by atoms with Crippen LogP contribution in [0.25, 0.3) is 0 Å². The van der Waals surface area contributed by atoms with Gasteiger partial charge in [-0.1, -0.05) is 13.8 Å². The maximum atomic E-state index is 12.3. The van der Waals surface area contributed by atoms with Gasteiger partial charge < -0.3 is 15.4 Å². The van der Waals surface area contributed by atoms with Gasteiger partial charge in [-0.05, 0) is 26.2 Å². The lowest BCUT2D eigenvalue weighted by Gasteiger charge is -2.33. The predicted octanol–water partition coefficient (Wildman–Crippen LogP) is 0.445. The zero-order valence-corrected chi connectivity index (χ0v) is 12.4. The van der Waals surface area contributed by atoms with E-state index in [1.807, 2.05) is 6.92 Å². The SMILES string of the molecule is CCOC(=O)[C@H]1CCCN(C(=O)[C@@H]([NH3+])[C@H](C)CC)C1. The van der Waals surface area contributed by atoms with Crippen LogP contribution >= 0.6 is 0 Å².